The van der Waals surface area contributed by atoms with Crippen LogP contribution in [0.1, 0.15) is 19.3 Å². The summed E-state index contributed by atoms with van der Waals surface area (Å²) in [6.07, 6.45) is 3.46. The molecule has 0 aromatic rings. The Morgan fingerprint density at radius 3 is 2.84 bits per heavy atom. The lowest BCUT2D eigenvalue weighted by Gasteiger charge is -2.31. The largest absolute Gasteiger partial charge is 0.384 e. The van der Waals surface area contributed by atoms with Crippen LogP contribution < -0.4 is 5.32 Å². The van der Waals surface area contributed by atoms with Crippen LogP contribution in [0.4, 0.5) is 0 Å². The minimum atomic E-state index is -0.375. The molecule has 2 aliphatic rings. The Morgan fingerprint density at radius 1 is 1.47 bits per heavy atom. The van der Waals surface area contributed by atoms with Crippen molar-refractivity contribution in [2.24, 2.45) is 11.3 Å². The molecule has 1 N–H and O–H groups in total. The highest BCUT2D eigenvalue weighted by atomic mass is 16.5. The van der Waals surface area contributed by atoms with Crippen molar-refractivity contribution < 1.29 is 14.3 Å². The van der Waals surface area contributed by atoms with Gasteiger partial charge in [-0.2, -0.15) is 0 Å². The molecular formula is C14H26N2O3. The number of nitrogens with one attached hydrogen (secondary N) is 1. The molecule has 0 aromatic heterocycles. The number of carbonyl (C=O) groups excluding carboxylic acids is 1. The number of ether oxygens (including phenoxy) is 2. The van der Waals surface area contributed by atoms with E-state index in [2.05, 4.69) is 5.32 Å². The van der Waals surface area contributed by atoms with Crippen molar-refractivity contribution in [2.45, 2.75) is 19.3 Å². The van der Waals surface area contributed by atoms with Crippen molar-refractivity contribution in [3.63, 3.8) is 0 Å². The van der Waals surface area contributed by atoms with Crippen molar-refractivity contribution in [1.82, 2.24) is 10.2 Å². The average molecular weight is 270 g/mol. The minimum Gasteiger partial charge on any atom is -0.384 e. The molecule has 1 heterocycles. The average Bonchev–Trinajstić information content (AvgIpc) is 3.12. The zero-order valence-corrected chi connectivity index (χ0v) is 12.1. The number of hydrogen-bond acceptors (Lipinski definition) is 4. The molecule has 2 rings (SSSR count). The normalized spacial score (nSPS) is 26.6. The van der Waals surface area contributed by atoms with Gasteiger partial charge in [0.1, 0.15) is 0 Å². The van der Waals surface area contributed by atoms with Gasteiger partial charge in [-0.3, -0.25) is 4.79 Å². The van der Waals surface area contributed by atoms with Gasteiger partial charge in [0.15, 0.2) is 0 Å². The number of amides is 1. The zero-order chi connectivity index (χ0) is 13.7. The molecule has 19 heavy (non-hydrogen) atoms. The van der Waals surface area contributed by atoms with E-state index >= 15 is 0 Å². The maximum atomic E-state index is 12.5. The number of hydrogen-bond donors (Lipinski definition) is 1. The third kappa shape index (κ3) is 3.91. The third-order valence-corrected chi connectivity index (χ3v) is 4.09. The molecule has 1 atom stereocenters. The van der Waals surface area contributed by atoms with Crippen molar-refractivity contribution >= 4 is 5.91 Å². The van der Waals surface area contributed by atoms with Gasteiger partial charge in [-0.15, -0.1) is 0 Å². The Kier molecular flexibility index (Phi) is 5.19. The monoisotopic (exact) mass is 270 g/mol. The van der Waals surface area contributed by atoms with Crippen LogP contribution in [0.25, 0.3) is 0 Å². The maximum absolute atomic E-state index is 12.5. The van der Waals surface area contributed by atoms with Gasteiger partial charge in [0.25, 0.3) is 0 Å². The van der Waals surface area contributed by atoms with Crippen molar-refractivity contribution in [1.29, 1.82) is 0 Å². The number of carbonyl (C=O) groups is 1. The maximum Gasteiger partial charge on any atom is 0.232 e. The molecule has 2 fully saturated rings. The Hall–Kier alpha value is -0.650. The first-order valence-corrected chi connectivity index (χ1v) is 7.21. The number of methoxy groups -OCH3 is 1. The second kappa shape index (κ2) is 6.68. The molecule has 0 bridgehead atoms. The number of nitrogens with zero attached hydrogens (tertiary/aromatic N) is 1. The molecule has 1 saturated heterocycles. The predicted molar refractivity (Wildman–Crippen MR) is 73.0 cm³/mol. The van der Waals surface area contributed by atoms with E-state index in [-0.39, 0.29) is 11.3 Å². The molecular weight excluding hydrogens is 244 g/mol. The molecule has 1 saturated carbocycles. The molecule has 1 aliphatic carbocycles. The van der Waals surface area contributed by atoms with E-state index in [1.54, 1.807) is 12.0 Å². The van der Waals surface area contributed by atoms with Crippen molar-refractivity contribution in [3.8, 4) is 0 Å². The number of rotatable bonds is 8. The minimum absolute atomic E-state index is 0.175. The lowest BCUT2D eigenvalue weighted by atomic mass is 9.86. The van der Waals surface area contributed by atoms with Gasteiger partial charge in [0.05, 0.1) is 18.6 Å². The van der Waals surface area contributed by atoms with Gasteiger partial charge in [-0.25, -0.2) is 0 Å². The SMILES string of the molecule is COCC1(C(=O)N(C)CCOCC2CC2)CCNC1. The molecule has 0 aromatic carbocycles. The van der Waals surface area contributed by atoms with Crippen LogP contribution in [0.3, 0.4) is 0 Å². The van der Waals surface area contributed by atoms with Crippen LogP contribution in [0.2, 0.25) is 0 Å². The van der Waals surface area contributed by atoms with E-state index in [1.807, 2.05) is 7.05 Å². The fourth-order valence-corrected chi connectivity index (χ4v) is 2.63. The van der Waals surface area contributed by atoms with Crippen LogP contribution in [0.5, 0.6) is 0 Å². The first-order chi connectivity index (χ1) is 9.18. The van der Waals surface area contributed by atoms with E-state index in [0.29, 0.717) is 26.3 Å². The molecule has 1 aliphatic heterocycles. The van der Waals surface area contributed by atoms with Crippen LogP contribution >= 0.6 is 0 Å². The summed E-state index contributed by atoms with van der Waals surface area (Å²) in [7, 11) is 3.52. The molecule has 5 heteroatoms. The summed E-state index contributed by atoms with van der Waals surface area (Å²) >= 11 is 0. The first kappa shape index (κ1) is 14.8. The molecule has 0 radical (unpaired) electrons. The van der Waals surface area contributed by atoms with Crippen molar-refractivity contribution in [3.05, 3.63) is 0 Å². The van der Waals surface area contributed by atoms with Crippen LogP contribution in [-0.4, -0.2) is 64.4 Å². The van der Waals surface area contributed by atoms with E-state index in [0.717, 1.165) is 25.5 Å². The molecule has 5 nitrogen and oxygen atoms in total. The Bertz CT molecular complexity index is 299. The summed E-state index contributed by atoms with van der Waals surface area (Å²) in [6.45, 7) is 4.25. The van der Waals surface area contributed by atoms with Gasteiger partial charge in [0, 0.05) is 33.9 Å². The summed E-state index contributed by atoms with van der Waals surface area (Å²) < 4.78 is 10.8. The summed E-state index contributed by atoms with van der Waals surface area (Å²) in [4.78, 5) is 14.3. The zero-order valence-electron chi connectivity index (χ0n) is 12.1. The highest BCUT2D eigenvalue weighted by Gasteiger charge is 2.42. The smallest absolute Gasteiger partial charge is 0.232 e. The summed E-state index contributed by atoms with van der Waals surface area (Å²) in [5.74, 6) is 0.953. The Morgan fingerprint density at radius 2 is 2.26 bits per heavy atom. The summed E-state index contributed by atoms with van der Waals surface area (Å²) in [6, 6.07) is 0. The quantitative estimate of drug-likeness (QED) is 0.653. The van der Waals surface area contributed by atoms with Crippen LogP contribution in [0, 0.1) is 11.3 Å². The first-order valence-electron chi connectivity index (χ1n) is 7.21. The molecule has 1 amide bonds. The van der Waals surface area contributed by atoms with E-state index in [1.165, 1.54) is 12.8 Å². The van der Waals surface area contributed by atoms with Crippen LogP contribution in [0.15, 0.2) is 0 Å². The van der Waals surface area contributed by atoms with E-state index in [4.69, 9.17) is 9.47 Å². The highest BCUT2D eigenvalue weighted by Crippen LogP contribution is 2.29. The van der Waals surface area contributed by atoms with Gasteiger partial charge in [-0.05, 0) is 31.7 Å². The molecule has 1 unspecified atom stereocenters. The Balaban J connectivity index is 1.75. The second-order valence-corrected chi connectivity index (χ2v) is 5.89. The fourth-order valence-electron chi connectivity index (χ4n) is 2.63. The lowest BCUT2D eigenvalue weighted by Crippen LogP contribution is -2.47. The molecule has 110 valence electrons. The second-order valence-electron chi connectivity index (χ2n) is 5.89. The van der Waals surface area contributed by atoms with Gasteiger partial charge < -0.3 is 19.7 Å². The molecule has 0 spiro atoms. The lowest BCUT2D eigenvalue weighted by molar-refractivity contribution is -0.143. The van der Waals surface area contributed by atoms with E-state index < -0.39 is 0 Å². The topological polar surface area (TPSA) is 50.8 Å². The highest BCUT2D eigenvalue weighted by molar-refractivity contribution is 5.83. The summed E-state index contributed by atoms with van der Waals surface area (Å²) in [5, 5.41) is 3.27. The standard InChI is InChI=1S/C14H26N2O3/c1-16(7-8-19-9-12-3-4-12)13(17)14(11-18-2)5-6-15-10-14/h12,15H,3-11H2,1-2H3. The fraction of sp³-hybridized carbons (Fsp3) is 0.929. The summed E-state index contributed by atoms with van der Waals surface area (Å²) in [5.41, 5.74) is -0.375. The third-order valence-electron chi connectivity index (χ3n) is 4.09. The number of likely N-dealkylation sites (N-methyl/N-ethyl adjacent to an activating group) is 1. The van der Waals surface area contributed by atoms with Gasteiger partial charge in [-0.1, -0.05) is 0 Å². The van der Waals surface area contributed by atoms with E-state index in [9.17, 15) is 4.79 Å². The van der Waals surface area contributed by atoms with Crippen LogP contribution in [-0.2, 0) is 14.3 Å². The van der Waals surface area contributed by atoms with Gasteiger partial charge >= 0.3 is 0 Å². The van der Waals surface area contributed by atoms with Crippen molar-refractivity contribution in [2.75, 3.05) is 53.6 Å². The van der Waals surface area contributed by atoms with Gasteiger partial charge in [0.2, 0.25) is 5.91 Å². The predicted octanol–water partition coefficient (Wildman–Crippen LogP) is 0.498. The Labute approximate surface area is 115 Å².